The molecule has 1 atom stereocenters. The molecule has 2 N–H and O–H groups in total. The minimum absolute atomic E-state index is 0.00988. The lowest BCUT2D eigenvalue weighted by Crippen LogP contribution is -2.33. The molecule has 0 aromatic heterocycles. The van der Waals surface area contributed by atoms with Gasteiger partial charge < -0.3 is 15.5 Å². The molecule has 152 valence electrons. The quantitative estimate of drug-likeness (QED) is 0.791. The second kappa shape index (κ2) is 8.90. The number of rotatable bonds is 6. The van der Waals surface area contributed by atoms with Gasteiger partial charge in [0.1, 0.15) is 0 Å². The van der Waals surface area contributed by atoms with E-state index in [1.165, 1.54) is 0 Å². The third-order valence-corrected chi connectivity index (χ3v) is 5.12. The van der Waals surface area contributed by atoms with Gasteiger partial charge in [0.25, 0.3) is 5.91 Å². The maximum atomic E-state index is 12.7. The Morgan fingerprint density at radius 1 is 1.14 bits per heavy atom. The zero-order valence-corrected chi connectivity index (χ0v) is 17.1. The number of carbonyl (C=O) groups excluding carboxylic acids is 3. The van der Waals surface area contributed by atoms with E-state index >= 15 is 0 Å². The zero-order chi connectivity index (χ0) is 21.0. The van der Waals surface area contributed by atoms with Gasteiger partial charge in [-0.05, 0) is 38.5 Å². The van der Waals surface area contributed by atoms with Crippen molar-refractivity contribution in [3.05, 3.63) is 65.2 Å². The van der Waals surface area contributed by atoms with Gasteiger partial charge >= 0.3 is 0 Å². The summed E-state index contributed by atoms with van der Waals surface area (Å²) < 4.78 is 0. The van der Waals surface area contributed by atoms with Crippen molar-refractivity contribution in [1.29, 1.82) is 0 Å². The van der Waals surface area contributed by atoms with Crippen LogP contribution in [0.3, 0.4) is 0 Å². The first-order valence-corrected chi connectivity index (χ1v) is 9.88. The van der Waals surface area contributed by atoms with Crippen LogP contribution in [0.15, 0.2) is 48.5 Å². The second-order valence-electron chi connectivity index (χ2n) is 7.75. The van der Waals surface area contributed by atoms with Crippen LogP contribution in [-0.4, -0.2) is 35.2 Å². The minimum Gasteiger partial charge on any atom is -0.348 e. The van der Waals surface area contributed by atoms with Crippen molar-refractivity contribution in [1.82, 2.24) is 10.2 Å². The molecule has 2 aromatic carbocycles. The number of aryl methyl sites for hydroxylation is 1. The Hall–Kier alpha value is -3.15. The fourth-order valence-corrected chi connectivity index (χ4v) is 3.53. The number of amides is 3. The molecular formula is C23H27N3O3. The molecule has 1 aliphatic rings. The van der Waals surface area contributed by atoms with Crippen LogP contribution in [0.1, 0.15) is 41.8 Å². The van der Waals surface area contributed by atoms with E-state index < -0.39 is 5.92 Å². The Morgan fingerprint density at radius 2 is 1.90 bits per heavy atom. The largest absolute Gasteiger partial charge is 0.348 e. The molecule has 0 spiro atoms. The van der Waals surface area contributed by atoms with Crippen LogP contribution in [0.2, 0.25) is 0 Å². The SMILES string of the molecule is Cc1cccc(CNC(=O)c2ccccc2NC(=O)[C@H]2CC(=O)N(C(C)C)C2)c1. The van der Waals surface area contributed by atoms with Crippen LogP contribution in [-0.2, 0) is 16.1 Å². The molecule has 29 heavy (non-hydrogen) atoms. The van der Waals surface area contributed by atoms with Gasteiger partial charge in [-0.15, -0.1) is 0 Å². The first-order chi connectivity index (χ1) is 13.8. The van der Waals surface area contributed by atoms with Crippen LogP contribution in [0, 0.1) is 12.8 Å². The van der Waals surface area contributed by atoms with E-state index in [0.29, 0.717) is 24.3 Å². The van der Waals surface area contributed by atoms with E-state index in [1.807, 2.05) is 45.0 Å². The fourth-order valence-electron chi connectivity index (χ4n) is 3.53. The lowest BCUT2D eigenvalue weighted by Gasteiger charge is -2.20. The molecule has 0 bridgehead atoms. The summed E-state index contributed by atoms with van der Waals surface area (Å²) in [7, 11) is 0. The molecular weight excluding hydrogens is 366 g/mol. The van der Waals surface area contributed by atoms with Gasteiger partial charge in [0.05, 0.1) is 17.2 Å². The van der Waals surface area contributed by atoms with Crippen molar-refractivity contribution in [2.24, 2.45) is 5.92 Å². The van der Waals surface area contributed by atoms with E-state index in [2.05, 4.69) is 10.6 Å². The monoisotopic (exact) mass is 393 g/mol. The number of hydrogen-bond acceptors (Lipinski definition) is 3. The number of hydrogen-bond donors (Lipinski definition) is 2. The van der Waals surface area contributed by atoms with E-state index in [9.17, 15) is 14.4 Å². The van der Waals surface area contributed by atoms with E-state index in [1.54, 1.807) is 29.2 Å². The number of nitrogens with zero attached hydrogens (tertiary/aromatic N) is 1. The molecule has 1 aliphatic heterocycles. The summed E-state index contributed by atoms with van der Waals surface area (Å²) in [6, 6.07) is 14.9. The Kier molecular flexibility index (Phi) is 6.32. The Labute approximate surface area is 171 Å². The molecule has 1 heterocycles. The van der Waals surface area contributed by atoms with Crippen molar-refractivity contribution in [2.45, 2.75) is 39.8 Å². The third-order valence-electron chi connectivity index (χ3n) is 5.12. The molecule has 0 saturated carbocycles. The number of likely N-dealkylation sites (tertiary alicyclic amines) is 1. The lowest BCUT2D eigenvalue weighted by atomic mass is 10.1. The Balaban J connectivity index is 1.66. The molecule has 0 unspecified atom stereocenters. The van der Waals surface area contributed by atoms with Crippen molar-refractivity contribution in [2.75, 3.05) is 11.9 Å². The maximum Gasteiger partial charge on any atom is 0.253 e. The number of para-hydroxylation sites is 1. The summed E-state index contributed by atoms with van der Waals surface area (Å²) in [4.78, 5) is 39.2. The van der Waals surface area contributed by atoms with Gasteiger partial charge in [0.2, 0.25) is 11.8 Å². The number of carbonyl (C=O) groups is 3. The van der Waals surface area contributed by atoms with Gasteiger partial charge in [0.15, 0.2) is 0 Å². The number of benzene rings is 2. The molecule has 6 heteroatoms. The van der Waals surface area contributed by atoms with Crippen molar-refractivity contribution >= 4 is 23.4 Å². The Bertz CT molecular complexity index is 923. The molecule has 1 saturated heterocycles. The minimum atomic E-state index is -0.409. The summed E-state index contributed by atoms with van der Waals surface area (Å²) in [5, 5.41) is 5.74. The highest BCUT2D eigenvalue weighted by Crippen LogP contribution is 2.23. The predicted octanol–water partition coefficient (Wildman–Crippen LogP) is 3.12. The number of nitrogens with one attached hydrogen (secondary N) is 2. The molecule has 6 nitrogen and oxygen atoms in total. The van der Waals surface area contributed by atoms with Crippen molar-refractivity contribution < 1.29 is 14.4 Å². The van der Waals surface area contributed by atoms with Gasteiger partial charge in [-0.2, -0.15) is 0 Å². The summed E-state index contributed by atoms with van der Waals surface area (Å²) in [6.45, 7) is 6.69. The molecule has 3 rings (SSSR count). The highest BCUT2D eigenvalue weighted by Gasteiger charge is 2.35. The topological polar surface area (TPSA) is 78.5 Å². The van der Waals surface area contributed by atoms with Crippen LogP contribution < -0.4 is 10.6 Å². The normalized spacial score (nSPS) is 16.2. The first-order valence-electron chi connectivity index (χ1n) is 9.88. The first kappa shape index (κ1) is 20.6. The third kappa shape index (κ3) is 5.02. The standard InChI is InChI=1S/C23H27N3O3/c1-15(2)26-14-18(12-21(26)27)22(28)25-20-10-5-4-9-19(20)23(29)24-13-17-8-6-7-16(3)11-17/h4-11,15,18H,12-14H2,1-3H3,(H,24,29)(H,25,28)/t18-/m0/s1. The average molecular weight is 393 g/mol. The molecule has 3 amide bonds. The predicted molar refractivity (Wildman–Crippen MR) is 112 cm³/mol. The van der Waals surface area contributed by atoms with Gasteiger partial charge in [-0.25, -0.2) is 0 Å². The highest BCUT2D eigenvalue weighted by atomic mass is 16.2. The fraction of sp³-hybridized carbons (Fsp3) is 0.348. The second-order valence-corrected chi connectivity index (χ2v) is 7.75. The molecule has 0 aliphatic carbocycles. The van der Waals surface area contributed by atoms with Gasteiger partial charge in [0, 0.05) is 25.6 Å². The van der Waals surface area contributed by atoms with Crippen LogP contribution in [0.5, 0.6) is 0 Å². The van der Waals surface area contributed by atoms with Gasteiger partial charge in [-0.3, -0.25) is 14.4 Å². The zero-order valence-electron chi connectivity index (χ0n) is 17.1. The van der Waals surface area contributed by atoms with Crippen molar-refractivity contribution in [3.8, 4) is 0 Å². The van der Waals surface area contributed by atoms with Crippen molar-refractivity contribution in [3.63, 3.8) is 0 Å². The Morgan fingerprint density at radius 3 is 2.59 bits per heavy atom. The van der Waals surface area contributed by atoms with E-state index in [0.717, 1.165) is 11.1 Å². The van der Waals surface area contributed by atoms with E-state index in [4.69, 9.17) is 0 Å². The maximum absolute atomic E-state index is 12.7. The molecule has 0 radical (unpaired) electrons. The summed E-state index contributed by atoms with van der Waals surface area (Å²) >= 11 is 0. The highest BCUT2D eigenvalue weighted by molar-refractivity contribution is 6.05. The summed E-state index contributed by atoms with van der Waals surface area (Å²) in [5.74, 6) is -0.910. The average Bonchev–Trinajstić information content (AvgIpc) is 3.09. The smallest absolute Gasteiger partial charge is 0.253 e. The van der Waals surface area contributed by atoms with Crippen LogP contribution in [0.4, 0.5) is 5.69 Å². The molecule has 2 aromatic rings. The van der Waals surface area contributed by atoms with Crippen LogP contribution >= 0.6 is 0 Å². The lowest BCUT2D eigenvalue weighted by molar-refractivity contribution is -0.129. The van der Waals surface area contributed by atoms with Crippen LogP contribution in [0.25, 0.3) is 0 Å². The number of anilines is 1. The summed E-state index contributed by atoms with van der Waals surface area (Å²) in [6.07, 6.45) is 0.200. The van der Waals surface area contributed by atoms with E-state index in [-0.39, 0.29) is 30.2 Å². The summed E-state index contributed by atoms with van der Waals surface area (Å²) in [5.41, 5.74) is 3.00. The van der Waals surface area contributed by atoms with Gasteiger partial charge in [-0.1, -0.05) is 42.0 Å². The molecule has 1 fully saturated rings.